The van der Waals surface area contributed by atoms with Crippen molar-refractivity contribution in [3.05, 3.63) is 102 Å². The molecule has 0 bridgehead atoms. The van der Waals surface area contributed by atoms with Gasteiger partial charge in [-0.05, 0) is 86.8 Å². The lowest BCUT2D eigenvalue weighted by atomic mass is 9.83. The van der Waals surface area contributed by atoms with Crippen molar-refractivity contribution in [1.29, 1.82) is 5.26 Å². The van der Waals surface area contributed by atoms with Gasteiger partial charge >= 0.3 is 0 Å². The SMILES string of the molecule is CCOc1ncccc1C1(Nc2cccc(N3CCN(C)CC3)c2)C(=O)N(S(=O)(=O)c2ccc(OC)cc2)c2ccc(C#N)cc21. The molecule has 46 heavy (non-hydrogen) atoms. The van der Waals surface area contributed by atoms with Crippen molar-refractivity contribution in [2.45, 2.75) is 17.4 Å². The van der Waals surface area contributed by atoms with Crippen molar-refractivity contribution in [2.75, 3.05) is 61.5 Å². The minimum atomic E-state index is -4.44. The van der Waals surface area contributed by atoms with E-state index in [1.165, 1.54) is 43.5 Å². The molecule has 1 N–H and O–H groups in total. The maximum Gasteiger partial charge on any atom is 0.276 e. The monoisotopic (exact) mass is 638 g/mol. The van der Waals surface area contributed by atoms with Gasteiger partial charge in [-0.25, -0.2) is 13.4 Å². The summed E-state index contributed by atoms with van der Waals surface area (Å²) in [4.78, 5) is 24.0. The van der Waals surface area contributed by atoms with Gasteiger partial charge in [0.2, 0.25) is 5.88 Å². The number of hydrogen-bond donors (Lipinski definition) is 1. The van der Waals surface area contributed by atoms with Gasteiger partial charge in [-0.1, -0.05) is 6.07 Å². The highest BCUT2D eigenvalue weighted by molar-refractivity contribution is 7.93. The Balaban J connectivity index is 1.57. The normalized spacial score (nSPS) is 18.2. The highest BCUT2D eigenvalue weighted by Gasteiger charge is 2.58. The van der Waals surface area contributed by atoms with Crippen molar-refractivity contribution in [1.82, 2.24) is 9.88 Å². The Morgan fingerprint density at radius 2 is 1.74 bits per heavy atom. The van der Waals surface area contributed by atoms with Gasteiger partial charge < -0.3 is 24.6 Å². The van der Waals surface area contributed by atoms with Crippen molar-refractivity contribution in [3.63, 3.8) is 0 Å². The second-order valence-electron chi connectivity index (χ2n) is 11.1. The molecule has 11 nitrogen and oxygen atoms in total. The molecule has 0 spiro atoms. The van der Waals surface area contributed by atoms with E-state index in [0.29, 0.717) is 17.0 Å². The number of carbonyl (C=O) groups is 1. The fraction of sp³-hybridized carbons (Fsp3) is 0.265. The second kappa shape index (κ2) is 12.3. The molecule has 1 atom stereocenters. The minimum Gasteiger partial charge on any atom is -0.497 e. The third-order valence-corrected chi connectivity index (χ3v) is 10.1. The van der Waals surface area contributed by atoms with Crippen molar-refractivity contribution < 1.29 is 22.7 Å². The van der Waals surface area contributed by atoms with Gasteiger partial charge in [0, 0.05) is 49.3 Å². The number of amides is 1. The third kappa shape index (κ3) is 5.27. The number of benzene rings is 3. The molecular weight excluding hydrogens is 604 g/mol. The molecule has 6 rings (SSSR count). The molecule has 1 amide bonds. The third-order valence-electron chi connectivity index (χ3n) is 8.35. The summed E-state index contributed by atoms with van der Waals surface area (Å²) in [6.45, 7) is 5.56. The first-order chi connectivity index (χ1) is 22.2. The first-order valence-electron chi connectivity index (χ1n) is 14.9. The molecular formula is C34H34N6O5S. The number of fused-ring (bicyclic) bond motifs is 1. The maximum atomic E-state index is 15.1. The summed E-state index contributed by atoms with van der Waals surface area (Å²) in [5, 5.41) is 13.4. The lowest BCUT2D eigenvalue weighted by molar-refractivity contribution is -0.120. The summed E-state index contributed by atoms with van der Waals surface area (Å²) in [5.41, 5.74) is 0.685. The zero-order chi connectivity index (χ0) is 32.5. The van der Waals surface area contributed by atoms with Crippen LogP contribution in [0, 0.1) is 11.3 Å². The van der Waals surface area contributed by atoms with Gasteiger partial charge in [0.25, 0.3) is 15.9 Å². The average molecular weight is 639 g/mol. The van der Waals surface area contributed by atoms with E-state index in [0.717, 1.165) is 36.2 Å². The van der Waals surface area contributed by atoms with Crippen LogP contribution in [0.2, 0.25) is 0 Å². The highest BCUT2D eigenvalue weighted by atomic mass is 32.2. The number of nitrogens with zero attached hydrogens (tertiary/aromatic N) is 5. The van der Waals surface area contributed by atoms with Crippen molar-refractivity contribution >= 4 is 33.0 Å². The van der Waals surface area contributed by atoms with Crippen molar-refractivity contribution in [3.8, 4) is 17.7 Å². The van der Waals surface area contributed by atoms with Crippen molar-refractivity contribution in [2.24, 2.45) is 0 Å². The van der Waals surface area contributed by atoms with Crippen LogP contribution in [-0.4, -0.2) is 71.2 Å². The molecule has 0 aliphatic carbocycles. The fourth-order valence-corrected chi connectivity index (χ4v) is 7.45. The molecule has 0 saturated carbocycles. The summed E-state index contributed by atoms with van der Waals surface area (Å²) in [6.07, 6.45) is 1.55. The molecule has 2 aliphatic heterocycles. The number of piperazine rings is 1. The summed E-state index contributed by atoms with van der Waals surface area (Å²) < 4.78 is 40.6. The molecule has 1 aromatic heterocycles. The van der Waals surface area contributed by atoms with Gasteiger partial charge in [-0.2, -0.15) is 9.57 Å². The van der Waals surface area contributed by atoms with E-state index in [2.05, 4.69) is 33.2 Å². The van der Waals surface area contributed by atoms with E-state index < -0.39 is 21.5 Å². The smallest absolute Gasteiger partial charge is 0.276 e. The number of ether oxygens (including phenoxy) is 2. The Hall–Kier alpha value is -5.12. The Kier molecular flexibility index (Phi) is 8.29. The summed E-state index contributed by atoms with van der Waals surface area (Å²) >= 11 is 0. The maximum absolute atomic E-state index is 15.1. The molecule has 3 aromatic carbocycles. The molecule has 2 aliphatic rings. The lowest BCUT2D eigenvalue weighted by Crippen LogP contribution is -2.49. The van der Waals surface area contributed by atoms with Crippen LogP contribution in [0.25, 0.3) is 0 Å². The summed E-state index contributed by atoms with van der Waals surface area (Å²) in [6, 6.07) is 23.6. The number of pyridine rings is 1. The standard InChI is InChI=1S/C34H34N6O5S/c1-4-45-32-29(9-6-16-36-32)34(37-25-7-5-8-26(22-25)39-19-17-38(2)18-20-39)30-21-24(23-35)10-15-31(30)40(33(34)41)46(42,43)28-13-11-27(44-3)12-14-28/h5-16,21-22,37H,4,17-20H2,1-3H3. The van der Waals surface area contributed by atoms with E-state index >= 15 is 4.79 Å². The average Bonchev–Trinajstić information content (AvgIpc) is 3.33. The van der Waals surface area contributed by atoms with E-state index in [4.69, 9.17) is 9.47 Å². The number of aromatic nitrogens is 1. The van der Waals surface area contributed by atoms with Crippen LogP contribution in [0.5, 0.6) is 11.6 Å². The van der Waals surface area contributed by atoms with Gasteiger partial charge in [-0.3, -0.25) is 4.79 Å². The Morgan fingerprint density at radius 3 is 2.43 bits per heavy atom. The zero-order valence-electron chi connectivity index (χ0n) is 25.8. The Morgan fingerprint density at radius 1 is 0.978 bits per heavy atom. The van der Waals surface area contributed by atoms with Crippen LogP contribution in [0.4, 0.5) is 17.1 Å². The first kappa shape index (κ1) is 30.9. The van der Waals surface area contributed by atoms with Crippen LogP contribution in [0.1, 0.15) is 23.6 Å². The number of likely N-dealkylation sites (N-methyl/N-ethyl adjacent to an activating group) is 1. The minimum absolute atomic E-state index is 0.0963. The summed E-state index contributed by atoms with van der Waals surface area (Å²) in [7, 11) is -0.866. The fourth-order valence-electron chi connectivity index (χ4n) is 5.99. The second-order valence-corrected chi connectivity index (χ2v) is 12.9. The van der Waals surface area contributed by atoms with Crippen LogP contribution in [0.15, 0.2) is 90.0 Å². The van der Waals surface area contributed by atoms with E-state index in [1.54, 1.807) is 31.3 Å². The number of anilines is 3. The Labute approximate surface area is 268 Å². The number of sulfonamides is 1. The van der Waals surface area contributed by atoms with Crippen LogP contribution < -0.4 is 24.0 Å². The molecule has 0 radical (unpaired) electrons. The molecule has 1 saturated heterocycles. The first-order valence-corrected chi connectivity index (χ1v) is 16.4. The van der Waals surface area contributed by atoms with Gasteiger partial charge in [0.15, 0.2) is 5.54 Å². The molecule has 1 fully saturated rings. The van der Waals surface area contributed by atoms with Crippen LogP contribution >= 0.6 is 0 Å². The molecule has 1 unspecified atom stereocenters. The highest BCUT2D eigenvalue weighted by Crippen LogP contribution is 2.51. The van der Waals surface area contributed by atoms with Gasteiger partial charge in [0.05, 0.1) is 41.5 Å². The number of rotatable bonds is 9. The van der Waals surface area contributed by atoms with E-state index in [-0.39, 0.29) is 34.2 Å². The predicted molar refractivity (Wildman–Crippen MR) is 175 cm³/mol. The lowest BCUT2D eigenvalue weighted by Gasteiger charge is -2.35. The largest absolute Gasteiger partial charge is 0.497 e. The quantitative estimate of drug-likeness (QED) is 0.285. The number of nitrogens with one attached hydrogen (secondary N) is 1. The number of methoxy groups -OCH3 is 1. The van der Waals surface area contributed by atoms with E-state index in [1.807, 2.05) is 24.3 Å². The zero-order valence-corrected chi connectivity index (χ0v) is 26.6. The predicted octanol–water partition coefficient (Wildman–Crippen LogP) is 4.20. The van der Waals surface area contributed by atoms with Crippen LogP contribution in [-0.2, 0) is 20.4 Å². The van der Waals surface area contributed by atoms with Crippen LogP contribution in [0.3, 0.4) is 0 Å². The number of nitriles is 1. The van der Waals surface area contributed by atoms with E-state index in [9.17, 15) is 13.7 Å². The van der Waals surface area contributed by atoms with Gasteiger partial charge in [0.1, 0.15) is 5.75 Å². The topological polar surface area (TPSA) is 128 Å². The molecule has 12 heteroatoms. The molecule has 236 valence electrons. The number of hydrogen-bond acceptors (Lipinski definition) is 10. The molecule has 4 aromatic rings. The Bertz CT molecular complexity index is 1920. The summed E-state index contributed by atoms with van der Waals surface area (Å²) in [5.74, 6) is -0.149. The number of carbonyl (C=O) groups excluding carboxylic acids is 1. The van der Waals surface area contributed by atoms with Gasteiger partial charge in [-0.15, -0.1) is 0 Å². The molecule has 3 heterocycles.